The molecule has 1 aliphatic heterocycles. The van der Waals surface area contributed by atoms with Crippen LogP contribution in [0.2, 0.25) is 0 Å². The number of alkyl halides is 3. The number of aryl methyl sites for hydroxylation is 1. The van der Waals surface area contributed by atoms with Gasteiger partial charge in [0.25, 0.3) is 5.91 Å². The van der Waals surface area contributed by atoms with Gasteiger partial charge in [-0.25, -0.2) is 0 Å². The number of carbonyl (C=O) groups is 1. The summed E-state index contributed by atoms with van der Waals surface area (Å²) in [5.41, 5.74) is -0.715. The molecule has 0 aromatic heterocycles. The van der Waals surface area contributed by atoms with Crippen LogP contribution in [-0.2, 0) is 17.4 Å². The Kier molecular flexibility index (Phi) is 6.56. The minimum absolute atomic E-state index is 0.00343. The summed E-state index contributed by atoms with van der Waals surface area (Å²) < 4.78 is 40.6. The molecule has 2 fully saturated rings. The van der Waals surface area contributed by atoms with Crippen molar-refractivity contribution in [1.82, 2.24) is 5.32 Å². The van der Waals surface area contributed by atoms with E-state index in [1.165, 1.54) is 11.0 Å². The first-order valence-electron chi connectivity index (χ1n) is 11.3. The van der Waals surface area contributed by atoms with Gasteiger partial charge in [-0.05, 0) is 80.2 Å². The Morgan fingerprint density at radius 2 is 1.86 bits per heavy atom. The number of halogens is 3. The summed E-state index contributed by atoms with van der Waals surface area (Å²) in [7, 11) is 1.72. The molecule has 1 heterocycles. The molecule has 1 amide bonds. The molecule has 2 N–H and O–H groups in total. The number of rotatable bonds is 6. The van der Waals surface area contributed by atoms with Gasteiger partial charge in [0.15, 0.2) is 5.11 Å². The van der Waals surface area contributed by atoms with Crippen LogP contribution in [0.25, 0.3) is 0 Å². The Morgan fingerprint density at radius 3 is 2.40 bits per heavy atom. The summed E-state index contributed by atoms with van der Waals surface area (Å²) in [4.78, 5) is 16.5. The minimum Gasteiger partial charge on any atom is -0.377 e. The van der Waals surface area contributed by atoms with Gasteiger partial charge in [-0.1, -0.05) is 12.1 Å². The van der Waals surface area contributed by atoms with Crippen molar-refractivity contribution in [2.75, 3.05) is 16.8 Å². The lowest BCUT2D eigenvalue weighted by atomic mass is 9.75. The number of nitrogens with one attached hydrogen (secondary N) is 2. The molecule has 182 valence electrons. The van der Waals surface area contributed by atoms with Crippen LogP contribution in [0.15, 0.2) is 42.5 Å². The van der Waals surface area contributed by atoms with E-state index in [2.05, 4.69) is 5.32 Å². The van der Waals surface area contributed by atoms with Crippen molar-refractivity contribution >= 4 is 40.4 Å². The van der Waals surface area contributed by atoms with E-state index < -0.39 is 22.8 Å². The zero-order chi connectivity index (χ0) is 25.4. The highest BCUT2D eigenvalue weighted by molar-refractivity contribution is 7.81. The normalized spacial score (nSPS) is 16.9. The van der Waals surface area contributed by atoms with Crippen LogP contribution < -0.4 is 15.1 Å². The average Bonchev–Trinajstić information content (AvgIpc) is 3.05. The fourth-order valence-corrected chi connectivity index (χ4v) is 5.09. The fraction of sp³-hybridized carbons (Fsp3) is 0.360. The summed E-state index contributed by atoms with van der Waals surface area (Å²) in [6, 6.07) is 12.4. The SMILES string of the molecule is CNC(=N)CCCc1ccc(N2C(=S)N(c3ccc(C#N)c(C(F)(F)F)c3)C(=O)C23CCC3)cc1. The maximum absolute atomic E-state index is 13.5. The topological polar surface area (TPSA) is 83.2 Å². The van der Waals surface area contributed by atoms with Crippen LogP contribution in [0.3, 0.4) is 0 Å². The molecule has 2 aliphatic rings. The first-order valence-corrected chi connectivity index (χ1v) is 11.7. The van der Waals surface area contributed by atoms with Crippen LogP contribution in [-0.4, -0.2) is 29.4 Å². The highest BCUT2D eigenvalue weighted by Gasteiger charge is 2.59. The largest absolute Gasteiger partial charge is 0.417 e. The van der Waals surface area contributed by atoms with Crippen molar-refractivity contribution in [3.05, 3.63) is 59.2 Å². The molecular formula is C25H24F3N5OS. The second-order valence-electron chi connectivity index (χ2n) is 8.73. The van der Waals surface area contributed by atoms with E-state index in [1.54, 1.807) is 18.0 Å². The summed E-state index contributed by atoms with van der Waals surface area (Å²) in [6.07, 6.45) is -0.562. The third kappa shape index (κ3) is 4.36. The van der Waals surface area contributed by atoms with Gasteiger partial charge in [0.05, 0.1) is 28.7 Å². The molecule has 6 nitrogen and oxygen atoms in total. The standard InChI is InChI=1S/C25H24F3N5OS/c1-31-21(30)5-2-4-16-6-9-18(10-7-16)33-23(35)32(22(34)24(33)12-3-13-24)19-11-8-17(15-29)20(14-19)25(26,27)28/h6-11,14H,2-5,12-13H2,1H3,(H2,30,31). The lowest BCUT2D eigenvalue weighted by molar-refractivity contribution is -0.137. The third-order valence-corrected chi connectivity index (χ3v) is 7.03. The molecule has 1 saturated carbocycles. The number of anilines is 2. The molecule has 0 unspecified atom stereocenters. The van der Waals surface area contributed by atoms with Crippen molar-refractivity contribution in [3.8, 4) is 6.07 Å². The zero-order valence-electron chi connectivity index (χ0n) is 19.1. The average molecular weight is 500 g/mol. The first-order chi connectivity index (χ1) is 16.6. The van der Waals surface area contributed by atoms with E-state index in [0.29, 0.717) is 30.8 Å². The lowest BCUT2D eigenvalue weighted by Crippen LogP contribution is -2.55. The van der Waals surface area contributed by atoms with Gasteiger partial charge in [-0.3, -0.25) is 15.1 Å². The molecule has 1 spiro atoms. The van der Waals surface area contributed by atoms with Gasteiger partial charge in [0.1, 0.15) is 5.54 Å². The van der Waals surface area contributed by atoms with Crippen LogP contribution in [0, 0.1) is 16.7 Å². The van der Waals surface area contributed by atoms with E-state index in [0.717, 1.165) is 37.0 Å². The summed E-state index contributed by atoms with van der Waals surface area (Å²) in [5, 5.41) is 19.7. The number of hydrogen-bond acceptors (Lipinski definition) is 4. The summed E-state index contributed by atoms with van der Waals surface area (Å²) >= 11 is 5.65. The van der Waals surface area contributed by atoms with Gasteiger partial charge >= 0.3 is 6.18 Å². The van der Waals surface area contributed by atoms with Gasteiger partial charge in [-0.2, -0.15) is 18.4 Å². The van der Waals surface area contributed by atoms with Crippen LogP contribution in [0.1, 0.15) is 48.8 Å². The van der Waals surface area contributed by atoms with Crippen molar-refractivity contribution in [1.29, 1.82) is 10.7 Å². The number of amides is 1. The Bertz CT molecular complexity index is 1220. The highest BCUT2D eigenvalue weighted by atomic mass is 32.1. The smallest absolute Gasteiger partial charge is 0.377 e. The van der Waals surface area contributed by atoms with Gasteiger partial charge in [-0.15, -0.1) is 0 Å². The maximum Gasteiger partial charge on any atom is 0.417 e. The van der Waals surface area contributed by atoms with Crippen molar-refractivity contribution in [2.45, 2.75) is 50.2 Å². The molecule has 35 heavy (non-hydrogen) atoms. The molecule has 10 heteroatoms. The summed E-state index contributed by atoms with van der Waals surface area (Å²) in [5.74, 6) is 0.132. The van der Waals surface area contributed by atoms with Crippen LogP contribution in [0.5, 0.6) is 0 Å². The number of hydrogen-bond donors (Lipinski definition) is 2. The third-order valence-electron chi connectivity index (χ3n) is 6.67. The molecule has 4 rings (SSSR count). The van der Waals surface area contributed by atoms with Crippen molar-refractivity contribution in [3.63, 3.8) is 0 Å². The quantitative estimate of drug-likeness (QED) is 0.326. The second-order valence-corrected chi connectivity index (χ2v) is 9.10. The van der Waals surface area contributed by atoms with Gasteiger partial charge in [0.2, 0.25) is 0 Å². The van der Waals surface area contributed by atoms with E-state index in [1.807, 2.05) is 24.3 Å². The molecular weight excluding hydrogens is 475 g/mol. The molecule has 2 aromatic rings. The number of benzene rings is 2. The second kappa shape index (κ2) is 9.30. The van der Waals surface area contributed by atoms with Crippen molar-refractivity contribution in [2.24, 2.45) is 0 Å². The molecule has 2 aromatic carbocycles. The van der Waals surface area contributed by atoms with E-state index in [-0.39, 0.29) is 16.7 Å². The van der Waals surface area contributed by atoms with E-state index in [9.17, 15) is 18.0 Å². The van der Waals surface area contributed by atoms with Crippen LogP contribution >= 0.6 is 12.2 Å². The Hall–Kier alpha value is -3.45. The maximum atomic E-state index is 13.5. The molecule has 1 aliphatic carbocycles. The van der Waals surface area contributed by atoms with Gasteiger partial charge < -0.3 is 10.2 Å². The number of thiocarbonyl (C=S) groups is 1. The van der Waals surface area contributed by atoms with E-state index >= 15 is 0 Å². The molecule has 1 saturated heterocycles. The van der Waals surface area contributed by atoms with E-state index in [4.69, 9.17) is 22.9 Å². The monoisotopic (exact) mass is 499 g/mol. The van der Waals surface area contributed by atoms with Gasteiger partial charge in [0, 0.05) is 19.2 Å². The number of carbonyl (C=O) groups excluding carboxylic acids is 1. The highest BCUT2D eigenvalue weighted by Crippen LogP contribution is 2.48. The fourth-order valence-electron chi connectivity index (χ4n) is 4.62. The zero-order valence-corrected chi connectivity index (χ0v) is 19.9. The summed E-state index contributed by atoms with van der Waals surface area (Å²) in [6.45, 7) is 0. The predicted molar refractivity (Wildman–Crippen MR) is 131 cm³/mol. The molecule has 0 atom stereocenters. The predicted octanol–water partition coefficient (Wildman–Crippen LogP) is 5.16. The number of nitrogens with zero attached hydrogens (tertiary/aromatic N) is 3. The van der Waals surface area contributed by atoms with Crippen LogP contribution in [0.4, 0.5) is 24.5 Å². The van der Waals surface area contributed by atoms with Crippen molar-refractivity contribution < 1.29 is 18.0 Å². The minimum atomic E-state index is -4.74. The molecule has 0 bridgehead atoms. The molecule has 0 radical (unpaired) electrons. The Morgan fingerprint density at radius 1 is 1.20 bits per heavy atom. The number of amidine groups is 1. The lowest BCUT2D eigenvalue weighted by Gasteiger charge is -2.43. The Labute approximate surface area is 206 Å². The Balaban J connectivity index is 1.64. The number of nitriles is 1. The first kappa shape index (κ1) is 24.7.